The lowest BCUT2D eigenvalue weighted by atomic mass is 10.2. The number of carbonyl (C=O) groups excluding carboxylic acids is 1. The monoisotopic (exact) mass is 419 g/mol. The minimum atomic E-state index is -3.90. The van der Waals surface area contributed by atoms with Crippen molar-refractivity contribution in [1.29, 1.82) is 0 Å². The predicted octanol–water partition coefficient (Wildman–Crippen LogP) is 2.93. The highest BCUT2D eigenvalue weighted by molar-refractivity contribution is 9.10. The number of fused-ring (bicyclic) bond motifs is 1. The van der Waals surface area contributed by atoms with Crippen molar-refractivity contribution in [1.82, 2.24) is 15.2 Å². The van der Waals surface area contributed by atoms with Crippen LogP contribution in [-0.2, 0) is 10.0 Å². The van der Waals surface area contributed by atoms with Crippen LogP contribution in [0, 0.1) is 6.92 Å². The number of halogens is 1. The lowest BCUT2D eigenvalue weighted by Crippen LogP contribution is -2.42. The summed E-state index contributed by atoms with van der Waals surface area (Å²) in [6.45, 7) is 1.67. The summed E-state index contributed by atoms with van der Waals surface area (Å²) in [5.74, 6) is -0.637. The molecule has 1 aromatic heterocycles. The van der Waals surface area contributed by atoms with Gasteiger partial charge in [0.1, 0.15) is 5.69 Å². The maximum absolute atomic E-state index is 12.4. The Hall–Kier alpha value is -2.29. The number of aryl methyl sites for hydroxylation is 1. The van der Waals surface area contributed by atoms with Gasteiger partial charge in [-0.15, -0.1) is 4.83 Å². The van der Waals surface area contributed by atoms with Crippen LogP contribution in [0.5, 0.6) is 0 Å². The molecule has 2 N–H and O–H groups in total. The predicted molar refractivity (Wildman–Crippen MR) is 98.4 cm³/mol. The number of para-hydroxylation sites is 1. The summed E-state index contributed by atoms with van der Waals surface area (Å²) >= 11 is 3.24. The van der Waals surface area contributed by atoms with Crippen molar-refractivity contribution in [2.45, 2.75) is 11.8 Å². The molecule has 0 unspecified atom stereocenters. The van der Waals surface area contributed by atoms with Crippen LogP contribution < -0.4 is 10.3 Å². The van der Waals surface area contributed by atoms with Gasteiger partial charge in [-0.2, -0.15) is 0 Å². The fourth-order valence-electron chi connectivity index (χ4n) is 2.29. The lowest BCUT2D eigenvalue weighted by Gasteiger charge is -2.11. The molecule has 1 heterocycles. The molecule has 0 saturated heterocycles. The number of carbonyl (C=O) groups is 1. The van der Waals surface area contributed by atoms with Gasteiger partial charge in [-0.1, -0.05) is 46.3 Å². The zero-order chi connectivity index (χ0) is 18.0. The van der Waals surface area contributed by atoms with Gasteiger partial charge >= 0.3 is 0 Å². The van der Waals surface area contributed by atoms with Crippen LogP contribution in [-0.4, -0.2) is 19.3 Å². The number of nitrogens with zero attached hydrogens (tertiary/aromatic N) is 1. The highest BCUT2D eigenvalue weighted by Crippen LogP contribution is 2.20. The van der Waals surface area contributed by atoms with Crippen molar-refractivity contribution < 1.29 is 13.2 Å². The molecule has 6 nitrogen and oxygen atoms in total. The van der Waals surface area contributed by atoms with E-state index in [4.69, 9.17) is 0 Å². The number of hydrazine groups is 1. The number of hydrogen-bond acceptors (Lipinski definition) is 4. The van der Waals surface area contributed by atoms with E-state index in [0.717, 1.165) is 5.39 Å². The molecular weight excluding hydrogens is 406 g/mol. The van der Waals surface area contributed by atoms with Gasteiger partial charge < -0.3 is 0 Å². The summed E-state index contributed by atoms with van der Waals surface area (Å²) < 4.78 is 25.4. The molecule has 0 bridgehead atoms. The Kier molecular flexibility index (Phi) is 4.85. The Morgan fingerprint density at radius 2 is 1.84 bits per heavy atom. The van der Waals surface area contributed by atoms with Crippen LogP contribution in [0.4, 0.5) is 0 Å². The van der Waals surface area contributed by atoms with Crippen LogP contribution >= 0.6 is 15.9 Å². The molecule has 0 aliphatic heterocycles. The Morgan fingerprint density at radius 1 is 1.08 bits per heavy atom. The molecule has 8 heteroatoms. The Bertz CT molecular complexity index is 1070. The smallest absolute Gasteiger partial charge is 0.272 e. The molecule has 2 aromatic carbocycles. The third kappa shape index (κ3) is 3.87. The fourth-order valence-corrected chi connectivity index (χ4v) is 3.91. The number of amides is 1. The molecule has 0 aliphatic carbocycles. The van der Waals surface area contributed by atoms with Crippen LogP contribution in [0.2, 0.25) is 0 Å². The number of sulfonamides is 1. The Morgan fingerprint density at radius 3 is 2.64 bits per heavy atom. The van der Waals surface area contributed by atoms with E-state index in [2.05, 4.69) is 31.2 Å². The third-order valence-corrected chi connectivity index (χ3v) is 5.45. The molecule has 1 amide bonds. The van der Waals surface area contributed by atoms with Crippen LogP contribution in [0.3, 0.4) is 0 Å². The first-order valence-electron chi connectivity index (χ1n) is 7.31. The SMILES string of the molecule is Cc1ccc(Br)cc1S(=O)(=O)NNC(=O)c1ccc2ccccc2n1. The average molecular weight is 420 g/mol. The Balaban J connectivity index is 1.79. The molecule has 128 valence electrons. The summed E-state index contributed by atoms with van der Waals surface area (Å²) in [4.78, 5) is 18.6. The maximum Gasteiger partial charge on any atom is 0.284 e. The van der Waals surface area contributed by atoms with Gasteiger partial charge in [0.25, 0.3) is 15.9 Å². The summed E-state index contributed by atoms with van der Waals surface area (Å²) in [5.41, 5.74) is 3.53. The van der Waals surface area contributed by atoms with E-state index in [1.807, 2.05) is 18.2 Å². The number of rotatable bonds is 4. The first kappa shape index (κ1) is 17.5. The second-order valence-corrected chi connectivity index (χ2v) is 7.93. The zero-order valence-corrected chi connectivity index (χ0v) is 15.6. The molecular formula is C17H14BrN3O3S. The van der Waals surface area contributed by atoms with E-state index >= 15 is 0 Å². The van der Waals surface area contributed by atoms with Crippen molar-refractivity contribution in [3.8, 4) is 0 Å². The van der Waals surface area contributed by atoms with Gasteiger partial charge in [-0.05, 0) is 36.8 Å². The number of pyridine rings is 1. The highest BCUT2D eigenvalue weighted by atomic mass is 79.9. The third-order valence-electron chi connectivity index (χ3n) is 3.57. The molecule has 3 rings (SSSR count). The van der Waals surface area contributed by atoms with Crippen LogP contribution in [0.25, 0.3) is 10.9 Å². The van der Waals surface area contributed by atoms with Crippen molar-refractivity contribution in [2.24, 2.45) is 0 Å². The van der Waals surface area contributed by atoms with Gasteiger partial charge in [-0.25, -0.2) is 13.4 Å². The number of hydrogen-bond donors (Lipinski definition) is 2. The first-order valence-corrected chi connectivity index (χ1v) is 9.58. The number of nitrogens with one attached hydrogen (secondary N) is 2. The Labute approximate surface area is 153 Å². The molecule has 0 radical (unpaired) electrons. The molecule has 3 aromatic rings. The number of benzene rings is 2. The standard InChI is InChI=1S/C17H14BrN3O3S/c1-11-6-8-13(18)10-16(11)25(23,24)21-20-17(22)15-9-7-12-4-2-3-5-14(12)19-15/h2-10,21H,1H3,(H,20,22). The van der Waals surface area contributed by atoms with Crippen molar-refractivity contribution in [3.63, 3.8) is 0 Å². The zero-order valence-electron chi connectivity index (χ0n) is 13.2. The van der Waals surface area contributed by atoms with E-state index in [1.165, 1.54) is 12.1 Å². The quantitative estimate of drug-likeness (QED) is 0.636. The van der Waals surface area contributed by atoms with Crippen LogP contribution in [0.1, 0.15) is 16.1 Å². The minimum Gasteiger partial charge on any atom is -0.272 e. The van der Waals surface area contributed by atoms with E-state index in [1.54, 1.807) is 31.2 Å². The van der Waals surface area contributed by atoms with E-state index in [0.29, 0.717) is 15.6 Å². The largest absolute Gasteiger partial charge is 0.284 e. The molecule has 0 aliphatic rings. The average Bonchev–Trinajstić information content (AvgIpc) is 2.61. The molecule has 0 fully saturated rings. The summed E-state index contributed by atoms with van der Waals surface area (Å²) in [6, 6.07) is 15.5. The van der Waals surface area contributed by atoms with E-state index < -0.39 is 15.9 Å². The van der Waals surface area contributed by atoms with Gasteiger partial charge in [0.05, 0.1) is 10.4 Å². The number of aromatic nitrogens is 1. The van der Waals surface area contributed by atoms with Crippen molar-refractivity contribution in [3.05, 3.63) is 70.3 Å². The van der Waals surface area contributed by atoms with Gasteiger partial charge in [0.2, 0.25) is 0 Å². The molecule has 0 spiro atoms. The van der Waals surface area contributed by atoms with Crippen LogP contribution in [0.15, 0.2) is 64.0 Å². The molecule has 25 heavy (non-hydrogen) atoms. The van der Waals surface area contributed by atoms with Gasteiger partial charge in [-0.3, -0.25) is 10.2 Å². The summed E-state index contributed by atoms with van der Waals surface area (Å²) in [5, 5.41) is 0.893. The van der Waals surface area contributed by atoms with Gasteiger partial charge in [0.15, 0.2) is 0 Å². The van der Waals surface area contributed by atoms with Gasteiger partial charge in [0, 0.05) is 9.86 Å². The van der Waals surface area contributed by atoms with Crippen molar-refractivity contribution in [2.75, 3.05) is 0 Å². The topological polar surface area (TPSA) is 88.2 Å². The van der Waals surface area contributed by atoms with E-state index in [-0.39, 0.29) is 10.6 Å². The normalized spacial score (nSPS) is 11.4. The summed E-state index contributed by atoms with van der Waals surface area (Å²) in [6.07, 6.45) is 0. The maximum atomic E-state index is 12.4. The molecule has 0 saturated carbocycles. The van der Waals surface area contributed by atoms with Crippen molar-refractivity contribution >= 4 is 42.8 Å². The highest BCUT2D eigenvalue weighted by Gasteiger charge is 2.19. The second kappa shape index (κ2) is 6.91. The lowest BCUT2D eigenvalue weighted by molar-refractivity contribution is 0.0940. The first-order chi connectivity index (χ1) is 11.9. The summed E-state index contributed by atoms with van der Waals surface area (Å²) in [7, 11) is -3.90. The molecule has 0 atom stereocenters. The van der Waals surface area contributed by atoms with E-state index in [9.17, 15) is 13.2 Å². The second-order valence-electron chi connectivity index (χ2n) is 5.36. The minimum absolute atomic E-state index is 0.0774. The fraction of sp³-hybridized carbons (Fsp3) is 0.0588.